The molecule has 2 aliphatic heterocycles. The summed E-state index contributed by atoms with van der Waals surface area (Å²) in [6, 6.07) is 11.9. The average molecular weight is 518 g/mol. The Morgan fingerprint density at radius 2 is 2.00 bits per heavy atom. The fourth-order valence-corrected chi connectivity index (χ4v) is 5.98. The Hall–Kier alpha value is -3.15. The van der Waals surface area contributed by atoms with E-state index in [-0.39, 0.29) is 24.1 Å². The predicted molar refractivity (Wildman–Crippen MR) is 133 cm³/mol. The van der Waals surface area contributed by atoms with Crippen LogP contribution < -0.4 is 9.04 Å². The number of aliphatic carboxylic acids is 1. The summed E-state index contributed by atoms with van der Waals surface area (Å²) >= 11 is 0. The maximum atomic E-state index is 13.4. The van der Waals surface area contributed by atoms with Crippen LogP contribution in [-0.4, -0.2) is 86.7 Å². The summed E-state index contributed by atoms with van der Waals surface area (Å²) < 4.78 is 31.0. The molecule has 1 amide bonds. The van der Waals surface area contributed by atoms with Crippen molar-refractivity contribution in [3.63, 3.8) is 0 Å². The number of carbonyl (C=O) groups is 2. The first-order valence-corrected chi connectivity index (χ1v) is 13.3. The Morgan fingerprint density at radius 1 is 1.22 bits per heavy atom. The summed E-state index contributed by atoms with van der Waals surface area (Å²) in [5.74, 6) is -0.884. The van der Waals surface area contributed by atoms with Crippen LogP contribution >= 0.6 is 0 Å². The molecule has 0 unspecified atom stereocenters. The molecule has 194 valence electrons. The highest BCUT2D eigenvalue weighted by Gasteiger charge is 2.31. The Bertz CT molecular complexity index is 1250. The van der Waals surface area contributed by atoms with Gasteiger partial charge in [-0.15, -0.1) is 0 Å². The van der Waals surface area contributed by atoms with Gasteiger partial charge in [0.1, 0.15) is 5.75 Å². The molecule has 1 saturated heterocycles. The van der Waals surface area contributed by atoms with Gasteiger partial charge in [-0.3, -0.25) is 14.0 Å². The number of hydrogen-bond acceptors (Lipinski definition) is 7. The number of aliphatic hydroxyl groups is 1. The van der Waals surface area contributed by atoms with Gasteiger partial charge in [-0.05, 0) is 41.3 Å². The average Bonchev–Trinajstić information content (AvgIpc) is 3.35. The third-order valence-electron chi connectivity index (χ3n) is 6.74. The van der Waals surface area contributed by atoms with Crippen molar-refractivity contribution in [2.45, 2.75) is 30.7 Å². The zero-order valence-corrected chi connectivity index (χ0v) is 21.1. The Morgan fingerprint density at radius 3 is 2.69 bits per heavy atom. The first-order valence-electron chi connectivity index (χ1n) is 11.7. The number of anilines is 1. The van der Waals surface area contributed by atoms with E-state index in [2.05, 4.69) is 4.90 Å². The minimum Gasteiger partial charge on any atom is -0.482 e. The smallest absolute Gasteiger partial charge is 0.341 e. The molecular weight excluding hydrogens is 486 g/mol. The van der Waals surface area contributed by atoms with Gasteiger partial charge in [-0.2, -0.15) is 0 Å². The topological polar surface area (TPSA) is 128 Å². The van der Waals surface area contributed by atoms with Crippen LogP contribution in [-0.2, 0) is 31.8 Å². The van der Waals surface area contributed by atoms with E-state index >= 15 is 0 Å². The highest BCUT2D eigenvalue weighted by Crippen LogP contribution is 2.33. The van der Waals surface area contributed by atoms with Crippen LogP contribution in [0.2, 0.25) is 0 Å². The van der Waals surface area contributed by atoms with Gasteiger partial charge in [0, 0.05) is 33.7 Å². The molecule has 2 aromatic rings. The van der Waals surface area contributed by atoms with Crippen molar-refractivity contribution in [2.75, 3.05) is 44.6 Å². The van der Waals surface area contributed by atoms with E-state index in [0.29, 0.717) is 48.6 Å². The van der Waals surface area contributed by atoms with Crippen LogP contribution in [0.3, 0.4) is 0 Å². The summed E-state index contributed by atoms with van der Waals surface area (Å²) in [5, 5.41) is 18.9. The molecule has 11 heteroatoms. The molecule has 36 heavy (non-hydrogen) atoms. The lowest BCUT2D eigenvalue weighted by Crippen LogP contribution is -2.39. The zero-order chi connectivity index (χ0) is 26.0. The van der Waals surface area contributed by atoms with E-state index in [1.807, 2.05) is 6.07 Å². The molecule has 1 fully saturated rings. The molecule has 0 bridgehead atoms. The van der Waals surface area contributed by atoms with E-state index in [0.717, 1.165) is 5.56 Å². The highest BCUT2D eigenvalue weighted by molar-refractivity contribution is 7.92. The fraction of sp³-hybridized carbons (Fsp3) is 0.440. The van der Waals surface area contributed by atoms with Crippen LogP contribution in [0.1, 0.15) is 29.2 Å². The number of aliphatic hydroxyl groups excluding tert-OH is 1. The minimum absolute atomic E-state index is 0.0446. The van der Waals surface area contributed by atoms with Gasteiger partial charge in [0.25, 0.3) is 0 Å². The summed E-state index contributed by atoms with van der Waals surface area (Å²) in [6.07, 6.45) is 0.348. The van der Waals surface area contributed by atoms with Crippen LogP contribution in [0.25, 0.3) is 0 Å². The third-order valence-corrected chi connectivity index (χ3v) is 8.45. The number of rotatable bonds is 9. The molecule has 2 aromatic carbocycles. The standard InChI is InChI=1S/C25H31N3O7S/c1-26(24(30)11-17-6-7-19-16-36(33,34)27(2)22(19)10-17)23(14-28-9-8-20(29)13-28)18-4-3-5-21(12-18)35-15-25(31)32/h3-7,10,12,20,23,29H,8-9,11,13-16H2,1-2H3,(H,31,32)/t20-,23+/m0/s1. The van der Waals surface area contributed by atoms with E-state index in [9.17, 15) is 23.1 Å². The number of carboxylic acids is 1. The van der Waals surface area contributed by atoms with Crippen molar-refractivity contribution < 1.29 is 33.0 Å². The van der Waals surface area contributed by atoms with Gasteiger partial charge in [0.05, 0.1) is 30.0 Å². The molecule has 0 spiro atoms. The van der Waals surface area contributed by atoms with Gasteiger partial charge in [-0.25, -0.2) is 13.2 Å². The number of nitrogens with zero attached hydrogens (tertiary/aromatic N) is 3. The minimum atomic E-state index is -3.36. The Balaban J connectivity index is 1.55. The summed E-state index contributed by atoms with van der Waals surface area (Å²) in [5.41, 5.74) is 2.80. The number of carboxylic acid groups (broad SMARTS) is 1. The number of likely N-dealkylation sites (tertiary alicyclic amines) is 1. The summed E-state index contributed by atoms with van der Waals surface area (Å²) in [6.45, 7) is 1.25. The van der Waals surface area contributed by atoms with E-state index in [1.165, 1.54) is 11.4 Å². The van der Waals surface area contributed by atoms with Gasteiger partial charge in [0.15, 0.2) is 6.61 Å². The maximum Gasteiger partial charge on any atom is 0.341 e. The maximum absolute atomic E-state index is 13.4. The van der Waals surface area contributed by atoms with Crippen LogP contribution in [0.5, 0.6) is 5.75 Å². The normalized spacial score (nSPS) is 19.6. The molecule has 2 aliphatic rings. The molecule has 0 aliphatic carbocycles. The lowest BCUT2D eigenvalue weighted by atomic mass is 10.0. The number of ether oxygens (including phenoxy) is 1. The van der Waals surface area contributed by atoms with Gasteiger partial charge < -0.3 is 19.8 Å². The predicted octanol–water partition coefficient (Wildman–Crippen LogP) is 1.24. The molecule has 2 N–H and O–H groups in total. The monoisotopic (exact) mass is 517 g/mol. The Labute approximate surface area is 210 Å². The van der Waals surface area contributed by atoms with Crippen molar-refractivity contribution in [2.24, 2.45) is 0 Å². The second-order valence-electron chi connectivity index (χ2n) is 9.34. The van der Waals surface area contributed by atoms with Gasteiger partial charge >= 0.3 is 5.97 Å². The van der Waals surface area contributed by atoms with E-state index in [1.54, 1.807) is 48.3 Å². The molecule has 0 saturated carbocycles. The van der Waals surface area contributed by atoms with Crippen LogP contribution in [0.15, 0.2) is 42.5 Å². The molecule has 0 radical (unpaired) electrons. The second-order valence-corrected chi connectivity index (χ2v) is 11.3. The third kappa shape index (κ3) is 5.80. The number of amides is 1. The lowest BCUT2D eigenvalue weighted by molar-refractivity contribution is -0.139. The molecule has 4 rings (SSSR count). The second kappa shape index (κ2) is 10.5. The molecule has 0 aromatic heterocycles. The lowest BCUT2D eigenvalue weighted by Gasteiger charge is -2.32. The quantitative estimate of drug-likeness (QED) is 0.509. The first kappa shape index (κ1) is 25.9. The van der Waals surface area contributed by atoms with Crippen molar-refractivity contribution in [3.8, 4) is 5.75 Å². The van der Waals surface area contributed by atoms with Gasteiger partial charge in [0.2, 0.25) is 15.9 Å². The number of fused-ring (bicyclic) bond motifs is 1. The van der Waals surface area contributed by atoms with Crippen molar-refractivity contribution >= 4 is 27.6 Å². The number of carbonyl (C=O) groups excluding carboxylic acids is 1. The summed E-state index contributed by atoms with van der Waals surface area (Å²) in [7, 11) is -0.135. The molecule has 10 nitrogen and oxygen atoms in total. The fourth-order valence-electron chi connectivity index (χ4n) is 4.68. The molecule has 2 heterocycles. The van der Waals surface area contributed by atoms with Crippen molar-refractivity contribution in [3.05, 3.63) is 59.2 Å². The van der Waals surface area contributed by atoms with Gasteiger partial charge in [-0.1, -0.05) is 24.3 Å². The highest BCUT2D eigenvalue weighted by atomic mass is 32.2. The van der Waals surface area contributed by atoms with Crippen LogP contribution in [0, 0.1) is 0 Å². The molecule has 2 atom stereocenters. The number of hydrogen-bond donors (Lipinski definition) is 2. The zero-order valence-electron chi connectivity index (χ0n) is 20.3. The number of benzene rings is 2. The van der Waals surface area contributed by atoms with Crippen molar-refractivity contribution in [1.29, 1.82) is 0 Å². The van der Waals surface area contributed by atoms with E-state index < -0.39 is 28.7 Å². The first-order chi connectivity index (χ1) is 17.0. The molecular formula is C25H31N3O7S. The Kier molecular flexibility index (Phi) is 7.53. The summed E-state index contributed by atoms with van der Waals surface area (Å²) in [4.78, 5) is 28.0. The number of likely N-dealkylation sites (N-methyl/N-ethyl adjacent to an activating group) is 1. The largest absolute Gasteiger partial charge is 0.482 e. The van der Waals surface area contributed by atoms with Crippen molar-refractivity contribution in [1.82, 2.24) is 9.80 Å². The SMILES string of the molecule is CN(C(=O)Cc1ccc2c(c1)N(C)S(=O)(=O)C2)[C@H](CN1CC[C@H](O)C1)c1cccc(OCC(=O)O)c1. The van der Waals surface area contributed by atoms with Crippen LogP contribution in [0.4, 0.5) is 5.69 Å². The number of sulfonamides is 1. The van der Waals surface area contributed by atoms with E-state index in [4.69, 9.17) is 9.84 Å². The number of β-amino-alcohol motifs (C(OH)–C–C–N with tert-alkyl or cyclic N) is 1.